The zero-order valence-corrected chi connectivity index (χ0v) is 11.3. The van der Waals surface area contributed by atoms with Crippen LogP contribution in [-0.4, -0.2) is 30.1 Å². The van der Waals surface area contributed by atoms with Crippen molar-refractivity contribution < 1.29 is 8.78 Å². The molecule has 0 fully saturated rings. The molecular formula is C14H22F2N2. The molecule has 0 aliphatic carbocycles. The van der Waals surface area contributed by atoms with Gasteiger partial charge in [-0.05, 0) is 38.1 Å². The highest BCUT2D eigenvalue weighted by Crippen LogP contribution is 2.22. The summed E-state index contributed by atoms with van der Waals surface area (Å²) in [5.41, 5.74) is 6.06. The second kappa shape index (κ2) is 6.25. The van der Waals surface area contributed by atoms with Crippen LogP contribution in [0.4, 0.5) is 8.78 Å². The first-order valence-corrected chi connectivity index (χ1v) is 6.36. The zero-order chi connectivity index (χ0) is 13.8. The molecule has 2 nitrogen and oxygen atoms in total. The number of halogens is 2. The molecule has 1 aromatic carbocycles. The van der Waals surface area contributed by atoms with Crippen molar-refractivity contribution in [2.45, 2.75) is 32.7 Å². The Labute approximate surface area is 108 Å². The highest BCUT2D eigenvalue weighted by Gasteiger charge is 2.29. The normalized spacial score (nSPS) is 14.8. The molecule has 1 atom stereocenters. The topological polar surface area (TPSA) is 29.3 Å². The van der Waals surface area contributed by atoms with E-state index in [-0.39, 0.29) is 5.54 Å². The molecule has 2 N–H and O–H groups in total. The Morgan fingerprint density at radius 2 is 1.83 bits per heavy atom. The summed E-state index contributed by atoms with van der Waals surface area (Å²) in [6.07, 6.45) is 0.483. The second-order valence-corrected chi connectivity index (χ2v) is 4.79. The van der Waals surface area contributed by atoms with E-state index in [2.05, 4.69) is 18.7 Å². The molecule has 0 spiro atoms. The third kappa shape index (κ3) is 3.27. The Morgan fingerprint density at radius 3 is 2.28 bits per heavy atom. The Morgan fingerprint density at radius 1 is 1.22 bits per heavy atom. The summed E-state index contributed by atoms with van der Waals surface area (Å²) in [5.74, 6) is -1.05. The van der Waals surface area contributed by atoms with Crippen molar-refractivity contribution in [1.82, 2.24) is 4.90 Å². The predicted octanol–water partition coefficient (Wildman–Crippen LogP) is 2.57. The van der Waals surface area contributed by atoms with E-state index in [0.29, 0.717) is 18.5 Å². The van der Waals surface area contributed by atoms with Crippen molar-refractivity contribution in [3.63, 3.8) is 0 Å². The first-order valence-electron chi connectivity index (χ1n) is 6.36. The summed E-state index contributed by atoms with van der Waals surface area (Å²) in [6.45, 7) is 8.27. The van der Waals surface area contributed by atoms with Crippen LogP contribution in [0.2, 0.25) is 0 Å². The summed E-state index contributed by atoms with van der Waals surface area (Å²) >= 11 is 0. The number of nitrogens with zero attached hydrogens (tertiary/aromatic N) is 1. The van der Waals surface area contributed by atoms with Gasteiger partial charge in [0.05, 0.1) is 0 Å². The molecule has 1 rings (SSSR count). The SMILES string of the molecule is CCN(CC)C(C)(CN)Cc1ccc(F)cc1F. The van der Waals surface area contributed by atoms with Crippen molar-refractivity contribution in [3.05, 3.63) is 35.4 Å². The van der Waals surface area contributed by atoms with E-state index in [4.69, 9.17) is 5.73 Å². The fourth-order valence-electron chi connectivity index (χ4n) is 2.38. The van der Waals surface area contributed by atoms with Crippen molar-refractivity contribution in [1.29, 1.82) is 0 Å². The quantitative estimate of drug-likeness (QED) is 0.847. The lowest BCUT2D eigenvalue weighted by Gasteiger charge is -2.39. The van der Waals surface area contributed by atoms with E-state index in [0.717, 1.165) is 19.2 Å². The Hall–Kier alpha value is -1.00. The average Bonchev–Trinajstić information content (AvgIpc) is 2.34. The highest BCUT2D eigenvalue weighted by molar-refractivity contribution is 5.21. The Balaban J connectivity index is 2.97. The van der Waals surface area contributed by atoms with E-state index in [1.54, 1.807) is 0 Å². The van der Waals surface area contributed by atoms with E-state index in [1.807, 2.05) is 6.92 Å². The van der Waals surface area contributed by atoms with Crippen LogP contribution in [0.15, 0.2) is 18.2 Å². The molecule has 0 saturated heterocycles. The molecule has 0 radical (unpaired) electrons. The van der Waals surface area contributed by atoms with Crippen molar-refractivity contribution in [3.8, 4) is 0 Å². The summed E-state index contributed by atoms with van der Waals surface area (Å²) in [7, 11) is 0. The van der Waals surface area contributed by atoms with Gasteiger partial charge in [0, 0.05) is 18.2 Å². The molecule has 18 heavy (non-hydrogen) atoms. The van der Waals surface area contributed by atoms with Gasteiger partial charge in [0.15, 0.2) is 0 Å². The minimum atomic E-state index is -0.548. The number of likely N-dealkylation sites (N-methyl/N-ethyl adjacent to an activating group) is 1. The molecular weight excluding hydrogens is 234 g/mol. The fourth-order valence-corrected chi connectivity index (χ4v) is 2.38. The summed E-state index contributed by atoms with van der Waals surface area (Å²) < 4.78 is 26.6. The fraction of sp³-hybridized carbons (Fsp3) is 0.571. The Kier molecular flexibility index (Phi) is 5.23. The maximum Gasteiger partial charge on any atom is 0.129 e. The largest absolute Gasteiger partial charge is 0.329 e. The lowest BCUT2D eigenvalue weighted by atomic mass is 9.90. The molecule has 0 aliphatic heterocycles. The molecule has 0 bridgehead atoms. The maximum absolute atomic E-state index is 13.7. The van der Waals surface area contributed by atoms with Gasteiger partial charge in [-0.3, -0.25) is 4.90 Å². The van der Waals surface area contributed by atoms with Crippen LogP contribution in [0.25, 0.3) is 0 Å². The summed E-state index contributed by atoms with van der Waals surface area (Å²) in [5, 5.41) is 0. The standard InChI is InChI=1S/C14H22F2N2/c1-4-18(5-2)14(3,10-17)9-11-6-7-12(15)8-13(11)16/h6-8H,4-5,9-10,17H2,1-3H3. The number of hydrogen-bond acceptors (Lipinski definition) is 2. The second-order valence-electron chi connectivity index (χ2n) is 4.79. The first-order chi connectivity index (χ1) is 8.46. The third-order valence-corrected chi connectivity index (χ3v) is 3.55. The van der Waals surface area contributed by atoms with Crippen LogP contribution in [-0.2, 0) is 6.42 Å². The zero-order valence-electron chi connectivity index (χ0n) is 11.3. The van der Waals surface area contributed by atoms with Crippen molar-refractivity contribution in [2.75, 3.05) is 19.6 Å². The molecule has 0 saturated carbocycles. The molecule has 4 heteroatoms. The van der Waals surface area contributed by atoms with Crippen LogP contribution >= 0.6 is 0 Å². The molecule has 1 aromatic rings. The minimum absolute atomic E-state index is 0.303. The van der Waals surface area contributed by atoms with Crippen LogP contribution in [0, 0.1) is 11.6 Å². The lowest BCUT2D eigenvalue weighted by Crippen LogP contribution is -2.53. The molecule has 102 valence electrons. The predicted molar refractivity (Wildman–Crippen MR) is 70.4 cm³/mol. The van der Waals surface area contributed by atoms with Gasteiger partial charge in [-0.15, -0.1) is 0 Å². The van der Waals surface area contributed by atoms with Crippen LogP contribution in [0.1, 0.15) is 26.3 Å². The number of rotatable bonds is 6. The average molecular weight is 256 g/mol. The number of hydrogen-bond donors (Lipinski definition) is 1. The van der Waals surface area contributed by atoms with E-state index in [9.17, 15) is 8.78 Å². The first kappa shape index (κ1) is 15.1. The van der Waals surface area contributed by atoms with Gasteiger partial charge in [-0.25, -0.2) is 8.78 Å². The smallest absolute Gasteiger partial charge is 0.129 e. The van der Waals surface area contributed by atoms with Gasteiger partial charge in [-0.1, -0.05) is 19.9 Å². The lowest BCUT2D eigenvalue weighted by molar-refractivity contribution is 0.123. The molecule has 0 heterocycles. The van der Waals surface area contributed by atoms with Crippen LogP contribution in [0.3, 0.4) is 0 Å². The van der Waals surface area contributed by atoms with Gasteiger partial charge in [0.2, 0.25) is 0 Å². The van der Waals surface area contributed by atoms with Gasteiger partial charge in [0.1, 0.15) is 11.6 Å². The summed E-state index contributed by atoms with van der Waals surface area (Å²) in [6, 6.07) is 3.72. The van der Waals surface area contributed by atoms with E-state index in [1.165, 1.54) is 12.1 Å². The number of benzene rings is 1. The van der Waals surface area contributed by atoms with E-state index < -0.39 is 11.6 Å². The summed E-state index contributed by atoms with van der Waals surface area (Å²) in [4.78, 5) is 2.20. The van der Waals surface area contributed by atoms with Crippen LogP contribution in [0.5, 0.6) is 0 Å². The molecule has 0 aromatic heterocycles. The van der Waals surface area contributed by atoms with Crippen molar-refractivity contribution >= 4 is 0 Å². The molecule has 1 unspecified atom stereocenters. The maximum atomic E-state index is 13.7. The van der Waals surface area contributed by atoms with Gasteiger partial charge < -0.3 is 5.73 Å². The van der Waals surface area contributed by atoms with Crippen molar-refractivity contribution in [2.24, 2.45) is 5.73 Å². The van der Waals surface area contributed by atoms with Crippen LogP contribution < -0.4 is 5.73 Å². The molecule has 0 aliphatic rings. The van der Waals surface area contributed by atoms with Gasteiger partial charge in [0.25, 0.3) is 0 Å². The highest BCUT2D eigenvalue weighted by atomic mass is 19.1. The Bertz CT molecular complexity index is 391. The monoisotopic (exact) mass is 256 g/mol. The van der Waals surface area contributed by atoms with Gasteiger partial charge >= 0.3 is 0 Å². The molecule has 0 amide bonds. The third-order valence-electron chi connectivity index (χ3n) is 3.55. The number of nitrogens with two attached hydrogens (primary N) is 1. The van der Waals surface area contributed by atoms with E-state index >= 15 is 0 Å². The van der Waals surface area contributed by atoms with Gasteiger partial charge in [-0.2, -0.15) is 0 Å². The minimum Gasteiger partial charge on any atom is -0.329 e.